The van der Waals surface area contributed by atoms with Crippen LogP contribution in [0.4, 0.5) is 13.2 Å². The third kappa shape index (κ3) is 3.98. The largest absolute Gasteiger partial charge is 0.316 e. The summed E-state index contributed by atoms with van der Waals surface area (Å²) in [5.41, 5.74) is -0.591. The first-order valence-corrected chi connectivity index (χ1v) is 8.66. The van der Waals surface area contributed by atoms with Crippen LogP contribution in [0.3, 0.4) is 0 Å². The van der Waals surface area contributed by atoms with Crippen LogP contribution in [0.25, 0.3) is 0 Å². The predicted molar refractivity (Wildman–Crippen MR) is 85.4 cm³/mol. The maximum atomic E-state index is 13.8. The zero-order chi connectivity index (χ0) is 17.1. The molecule has 2 saturated heterocycles. The van der Waals surface area contributed by atoms with Crippen molar-refractivity contribution in [3.05, 3.63) is 35.1 Å². The Bertz CT molecular complexity index is 571. The van der Waals surface area contributed by atoms with Gasteiger partial charge < -0.3 is 10.2 Å². The molecular weight excluding hydrogens is 317 g/mol. The number of nitrogens with zero attached hydrogens (tertiary/aromatic N) is 1. The summed E-state index contributed by atoms with van der Waals surface area (Å²) in [4.78, 5) is 14.8. The van der Waals surface area contributed by atoms with Crippen molar-refractivity contribution in [3.63, 3.8) is 0 Å². The molecule has 2 heterocycles. The number of halogens is 3. The Kier molecular flexibility index (Phi) is 5.56. The number of likely N-dealkylation sites (tertiary alicyclic amines) is 1. The zero-order valence-corrected chi connectivity index (χ0v) is 13.7. The Balaban J connectivity index is 1.57. The van der Waals surface area contributed by atoms with E-state index in [1.807, 2.05) is 0 Å². The van der Waals surface area contributed by atoms with E-state index in [0.717, 1.165) is 32.7 Å². The maximum absolute atomic E-state index is 13.8. The Morgan fingerprint density at radius 3 is 2.38 bits per heavy atom. The Labute approximate surface area is 140 Å². The van der Waals surface area contributed by atoms with Crippen molar-refractivity contribution in [2.24, 2.45) is 11.8 Å². The lowest BCUT2D eigenvalue weighted by Crippen LogP contribution is -2.42. The average molecular weight is 340 g/mol. The van der Waals surface area contributed by atoms with Gasteiger partial charge in [0.1, 0.15) is 17.5 Å². The fourth-order valence-electron chi connectivity index (χ4n) is 3.80. The molecule has 3 rings (SSSR count). The number of hydrogen-bond acceptors (Lipinski definition) is 3. The van der Waals surface area contributed by atoms with Crippen LogP contribution in [0.15, 0.2) is 12.1 Å². The number of carbonyl (C=O) groups excluding carboxylic acids is 1. The normalized spacial score (nSPS) is 23.4. The molecule has 1 aromatic rings. The van der Waals surface area contributed by atoms with E-state index in [2.05, 4.69) is 10.2 Å². The van der Waals surface area contributed by atoms with Gasteiger partial charge in [-0.2, -0.15) is 0 Å². The molecule has 0 spiro atoms. The van der Waals surface area contributed by atoms with E-state index in [0.29, 0.717) is 30.9 Å². The standard InChI is InChI=1S/C18H23F3N2O/c19-14-8-15(20)17(16(21)9-14)18(24)13-3-6-23(7-4-13)11-12-2-1-5-22-10-12/h8-9,12-13,22H,1-7,10-11H2. The lowest BCUT2D eigenvalue weighted by molar-refractivity contribution is 0.0812. The van der Waals surface area contributed by atoms with Crippen molar-refractivity contribution < 1.29 is 18.0 Å². The highest BCUT2D eigenvalue weighted by molar-refractivity contribution is 5.98. The lowest BCUT2D eigenvalue weighted by Gasteiger charge is -2.35. The number of carbonyl (C=O) groups is 1. The summed E-state index contributed by atoms with van der Waals surface area (Å²) in [6.45, 7) is 4.65. The van der Waals surface area contributed by atoms with E-state index < -0.39 is 28.8 Å². The molecular formula is C18H23F3N2O. The van der Waals surface area contributed by atoms with Gasteiger partial charge in [0.2, 0.25) is 0 Å². The molecule has 0 amide bonds. The van der Waals surface area contributed by atoms with E-state index in [1.165, 1.54) is 12.8 Å². The van der Waals surface area contributed by atoms with Gasteiger partial charge in [0.15, 0.2) is 5.78 Å². The van der Waals surface area contributed by atoms with Crippen molar-refractivity contribution in [3.8, 4) is 0 Å². The number of nitrogens with one attached hydrogen (secondary N) is 1. The van der Waals surface area contributed by atoms with Crippen molar-refractivity contribution in [1.29, 1.82) is 0 Å². The topological polar surface area (TPSA) is 32.3 Å². The fraction of sp³-hybridized carbons (Fsp3) is 0.611. The molecule has 1 unspecified atom stereocenters. The highest BCUT2D eigenvalue weighted by Gasteiger charge is 2.30. The molecule has 0 bridgehead atoms. The molecule has 24 heavy (non-hydrogen) atoms. The van der Waals surface area contributed by atoms with E-state index >= 15 is 0 Å². The number of rotatable bonds is 4. The van der Waals surface area contributed by atoms with Crippen molar-refractivity contribution in [2.45, 2.75) is 25.7 Å². The van der Waals surface area contributed by atoms with Gasteiger partial charge in [-0.15, -0.1) is 0 Å². The van der Waals surface area contributed by atoms with Crippen LogP contribution in [0.2, 0.25) is 0 Å². The predicted octanol–water partition coefficient (Wildman–Crippen LogP) is 3.00. The first-order valence-electron chi connectivity index (χ1n) is 8.66. The van der Waals surface area contributed by atoms with Gasteiger partial charge in [-0.05, 0) is 57.8 Å². The van der Waals surface area contributed by atoms with Crippen LogP contribution in [0, 0.1) is 29.3 Å². The van der Waals surface area contributed by atoms with Gasteiger partial charge in [0.05, 0.1) is 5.56 Å². The van der Waals surface area contributed by atoms with Crippen LogP contribution < -0.4 is 5.32 Å². The minimum absolute atomic E-state index is 0.389. The monoisotopic (exact) mass is 340 g/mol. The third-order valence-electron chi connectivity index (χ3n) is 5.13. The Hall–Kier alpha value is -1.40. The van der Waals surface area contributed by atoms with Gasteiger partial charge in [0.25, 0.3) is 0 Å². The Morgan fingerprint density at radius 2 is 1.79 bits per heavy atom. The van der Waals surface area contributed by atoms with Crippen LogP contribution in [-0.4, -0.2) is 43.4 Å². The molecule has 6 heteroatoms. The number of piperidine rings is 2. The van der Waals surface area contributed by atoms with E-state index in [4.69, 9.17) is 0 Å². The second kappa shape index (κ2) is 7.66. The molecule has 1 aromatic carbocycles. The first-order chi connectivity index (χ1) is 11.5. The smallest absolute Gasteiger partial charge is 0.171 e. The summed E-state index contributed by atoms with van der Waals surface area (Å²) in [7, 11) is 0. The van der Waals surface area contributed by atoms with Gasteiger partial charge in [0, 0.05) is 24.6 Å². The maximum Gasteiger partial charge on any atom is 0.171 e. The molecule has 2 aliphatic rings. The summed E-state index contributed by atoms with van der Waals surface area (Å²) in [5, 5.41) is 3.40. The van der Waals surface area contributed by atoms with Gasteiger partial charge in [-0.1, -0.05) is 0 Å². The van der Waals surface area contributed by atoms with Crippen LogP contribution in [0.1, 0.15) is 36.0 Å². The molecule has 2 fully saturated rings. The van der Waals surface area contributed by atoms with Gasteiger partial charge >= 0.3 is 0 Å². The number of Topliss-reactive ketones (excluding diaryl/α,β-unsaturated/α-hetero) is 1. The van der Waals surface area contributed by atoms with Crippen molar-refractivity contribution >= 4 is 5.78 Å². The summed E-state index contributed by atoms with van der Waals surface area (Å²) in [5.74, 6) is -3.50. The number of hydrogen-bond donors (Lipinski definition) is 1. The minimum atomic E-state index is -1.10. The average Bonchev–Trinajstić information content (AvgIpc) is 2.55. The summed E-state index contributed by atoms with van der Waals surface area (Å²) < 4.78 is 40.6. The Morgan fingerprint density at radius 1 is 1.12 bits per heavy atom. The van der Waals surface area contributed by atoms with E-state index in [9.17, 15) is 18.0 Å². The third-order valence-corrected chi connectivity index (χ3v) is 5.13. The molecule has 1 atom stereocenters. The number of ketones is 1. The quantitative estimate of drug-likeness (QED) is 0.855. The summed E-state index contributed by atoms with van der Waals surface area (Å²) in [6.07, 6.45) is 3.60. The molecule has 0 radical (unpaired) electrons. The molecule has 0 saturated carbocycles. The highest BCUT2D eigenvalue weighted by Crippen LogP contribution is 2.26. The van der Waals surface area contributed by atoms with E-state index in [-0.39, 0.29) is 5.92 Å². The van der Waals surface area contributed by atoms with Gasteiger partial charge in [-0.3, -0.25) is 4.79 Å². The second-order valence-corrected chi connectivity index (χ2v) is 6.90. The molecule has 3 nitrogen and oxygen atoms in total. The minimum Gasteiger partial charge on any atom is -0.316 e. The highest BCUT2D eigenvalue weighted by atomic mass is 19.1. The SMILES string of the molecule is O=C(c1c(F)cc(F)cc1F)C1CCN(CC2CCCNC2)CC1. The van der Waals surface area contributed by atoms with Crippen LogP contribution in [0.5, 0.6) is 0 Å². The first kappa shape index (κ1) is 17.4. The molecule has 2 aliphatic heterocycles. The molecule has 0 aromatic heterocycles. The summed E-state index contributed by atoms with van der Waals surface area (Å²) >= 11 is 0. The number of benzene rings is 1. The van der Waals surface area contributed by atoms with Crippen LogP contribution >= 0.6 is 0 Å². The van der Waals surface area contributed by atoms with E-state index in [1.54, 1.807) is 0 Å². The molecule has 132 valence electrons. The zero-order valence-electron chi connectivity index (χ0n) is 13.7. The van der Waals surface area contributed by atoms with Crippen molar-refractivity contribution in [2.75, 3.05) is 32.7 Å². The van der Waals surface area contributed by atoms with Gasteiger partial charge in [-0.25, -0.2) is 13.2 Å². The molecule has 1 N–H and O–H groups in total. The summed E-state index contributed by atoms with van der Waals surface area (Å²) in [6, 6.07) is 1.14. The lowest BCUT2D eigenvalue weighted by atomic mass is 9.87. The fourth-order valence-corrected chi connectivity index (χ4v) is 3.80. The van der Waals surface area contributed by atoms with Crippen molar-refractivity contribution in [1.82, 2.24) is 10.2 Å². The van der Waals surface area contributed by atoms with Crippen LogP contribution in [-0.2, 0) is 0 Å². The molecule has 0 aliphatic carbocycles. The second-order valence-electron chi connectivity index (χ2n) is 6.90.